The second kappa shape index (κ2) is 6.35. The van der Waals surface area contributed by atoms with Gasteiger partial charge in [-0.3, -0.25) is 9.78 Å². The number of carbonyl (C=O) groups excluding carboxylic acids is 1. The summed E-state index contributed by atoms with van der Waals surface area (Å²) in [6, 6.07) is 5.85. The van der Waals surface area contributed by atoms with Gasteiger partial charge in [-0.05, 0) is 19.1 Å². The van der Waals surface area contributed by atoms with Gasteiger partial charge in [-0.2, -0.15) is 0 Å². The van der Waals surface area contributed by atoms with Crippen LogP contribution in [-0.2, 0) is 14.9 Å². The molecule has 0 fully saturated rings. The van der Waals surface area contributed by atoms with Crippen LogP contribution in [0.4, 0.5) is 0 Å². The van der Waals surface area contributed by atoms with E-state index in [0.29, 0.717) is 13.2 Å². The summed E-state index contributed by atoms with van der Waals surface area (Å²) in [5, 5.41) is 3.09. The lowest BCUT2D eigenvalue weighted by Gasteiger charge is -2.24. The quantitative estimate of drug-likeness (QED) is 0.761. The van der Waals surface area contributed by atoms with Crippen LogP contribution in [0.2, 0.25) is 0 Å². The van der Waals surface area contributed by atoms with Crippen molar-refractivity contribution in [2.75, 3.05) is 19.7 Å². The van der Waals surface area contributed by atoms with Gasteiger partial charge in [0.15, 0.2) is 0 Å². The van der Waals surface area contributed by atoms with Crippen LogP contribution in [0.25, 0.3) is 0 Å². The van der Waals surface area contributed by atoms with Gasteiger partial charge in [0.25, 0.3) is 0 Å². The predicted octanol–water partition coefficient (Wildman–Crippen LogP) is 1.51. The molecule has 1 N–H and O–H groups in total. The molecule has 94 valence electrons. The van der Waals surface area contributed by atoms with Crippen LogP contribution in [0.5, 0.6) is 0 Å². The fraction of sp³-hybridized carbons (Fsp3) is 0.538. The lowest BCUT2D eigenvalue weighted by atomic mass is 9.89. The number of nitrogens with zero attached hydrogens (tertiary/aromatic N) is 1. The molecule has 4 heteroatoms. The summed E-state index contributed by atoms with van der Waals surface area (Å²) in [6.07, 6.45) is 1.78. The van der Waals surface area contributed by atoms with Crippen LogP contribution in [0.3, 0.4) is 0 Å². The summed E-state index contributed by atoms with van der Waals surface area (Å²) in [5.74, 6) is -0.218. The Morgan fingerprint density at radius 2 is 2.24 bits per heavy atom. The van der Waals surface area contributed by atoms with E-state index < -0.39 is 0 Å². The van der Waals surface area contributed by atoms with Crippen molar-refractivity contribution < 1.29 is 9.53 Å². The molecule has 0 aliphatic heterocycles. The highest BCUT2D eigenvalue weighted by atomic mass is 16.5. The summed E-state index contributed by atoms with van der Waals surface area (Å²) in [5.41, 5.74) is 0.907. The van der Waals surface area contributed by atoms with Gasteiger partial charge in [-0.15, -0.1) is 0 Å². The summed E-state index contributed by atoms with van der Waals surface area (Å²) >= 11 is 0. The Labute approximate surface area is 102 Å². The molecular weight excluding hydrogens is 216 g/mol. The average molecular weight is 236 g/mol. The zero-order valence-corrected chi connectivity index (χ0v) is 10.7. The van der Waals surface area contributed by atoms with E-state index in [2.05, 4.69) is 24.1 Å². The largest absolute Gasteiger partial charge is 0.465 e. The van der Waals surface area contributed by atoms with Gasteiger partial charge in [-0.25, -0.2) is 0 Å². The zero-order chi connectivity index (χ0) is 12.7. The van der Waals surface area contributed by atoms with Gasteiger partial charge in [0.05, 0.1) is 13.2 Å². The van der Waals surface area contributed by atoms with Crippen LogP contribution < -0.4 is 5.32 Å². The first-order valence-corrected chi connectivity index (χ1v) is 5.84. The number of aromatic nitrogens is 1. The second-order valence-corrected chi connectivity index (χ2v) is 4.51. The third-order valence-electron chi connectivity index (χ3n) is 2.50. The van der Waals surface area contributed by atoms with Crippen molar-refractivity contribution in [2.24, 2.45) is 0 Å². The number of pyridine rings is 1. The minimum Gasteiger partial charge on any atom is -0.465 e. The first-order valence-electron chi connectivity index (χ1n) is 5.84. The predicted molar refractivity (Wildman–Crippen MR) is 66.8 cm³/mol. The SMILES string of the molecule is CCOC(=O)CNCC(C)(C)c1ccccn1. The van der Waals surface area contributed by atoms with Crippen LogP contribution >= 0.6 is 0 Å². The fourth-order valence-electron chi connectivity index (χ4n) is 1.54. The van der Waals surface area contributed by atoms with Crippen molar-refractivity contribution in [2.45, 2.75) is 26.2 Å². The first kappa shape index (κ1) is 13.6. The third-order valence-corrected chi connectivity index (χ3v) is 2.50. The molecule has 4 nitrogen and oxygen atoms in total. The minimum atomic E-state index is -0.218. The molecule has 0 radical (unpaired) electrons. The molecule has 0 unspecified atom stereocenters. The van der Waals surface area contributed by atoms with Crippen molar-refractivity contribution in [1.29, 1.82) is 0 Å². The molecule has 0 saturated carbocycles. The smallest absolute Gasteiger partial charge is 0.319 e. The summed E-state index contributed by atoms with van der Waals surface area (Å²) < 4.78 is 4.85. The van der Waals surface area contributed by atoms with E-state index in [4.69, 9.17) is 4.74 Å². The molecule has 1 aromatic heterocycles. The molecule has 0 aliphatic rings. The van der Waals surface area contributed by atoms with Crippen molar-refractivity contribution in [3.05, 3.63) is 30.1 Å². The maximum Gasteiger partial charge on any atom is 0.319 e. The van der Waals surface area contributed by atoms with E-state index in [-0.39, 0.29) is 17.9 Å². The van der Waals surface area contributed by atoms with E-state index in [0.717, 1.165) is 5.69 Å². The van der Waals surface area contributed by atoms with E-state index >= 15 is 0 Å². The molecule has 1 rings (SSSR count). The van der Waals surface area contributed by atoms with Crippen LogP contribution in [0, 0.1) is 0 Å². The normalized spacial score (nSPS) is 11.2. The van der Waals surface area contributed by atoms with Crippen LogP contribution in [-0.4, -0.2) is 30.6 Å². The van der Waals surface area contributed by atoms with Gasteiger partial charge in [0.2, 0.25) is 0 Å². The zero-order valence-electron chi connectivity index (χ0n) is 10.7. The number of ether oxygens (including phenoxy) is 1. The summed E-state index contributed by atoms with van der Waals surface area (Å²) in [6.45, 7) is 7.33. The average Bonchev–Trinajstić information content (AvgIpc) is 2.30. The molecule has 0 aliphatic carbocycles. The van der Waals surface area contributed by atoms with Gasteiger partial charge in [0.1, 0.15) is 0 Å². The number of carbonyl (C=O) groups is 1. The topological polar surface area (TPSA) is 51.2 Å². The van der Waals surface area contributed by atoms with E-state index in [1.54, 1.807) is 13.1 Å². The molecule has 0 bridgehead atoms. The second-order valence-electron chi connectivity index (χ2n) is 4.51. The molecule has 1 heterocycles. The molecule has 0 atom stereocenters. The maximum absolute atomic E-state index is 11.2. The fourth-order valence-corrected chi connectivity index (χ4v) is 1.54. The number of hydrogen-bond donors (Lipinski definition) is 1. The highest BCUT2D eigenvalue weighted by molar-refractivity contribution is 5.71. The van der Waals surface area contributed by atoms with Crippen molar-refractivity contribution in [1.82, 2.24) is 10.3 Å². The van der Waals surface area contributed by atoms with E-state index in [1.165, 1.54) is 0 Å². The molecule has 17 heavy (non-hydrogen) atoms. The lowest BCUT2D eigenvalue weighted by molar-refractivity contribution is -0.142. The first-order chi connectivity index (χ1) is 8.06. The molecule has 0 aromatic carbocycles. The monoisotopic (exact) mass is 236 g/mol. The van der Waals surface area contributed by atoms with Gasteiger partial charge in [-0.1, -0.05) is 19.9 Å². The van der Waals surface area contributed by atoms with Crippen molar-refractivity contribution in [3.8, 4) is 0 Å². The number of hydrogen-bond acceptors (Lipinski definition) is 4. The number of rotatable bonds is 6. The Hall–Kier alpha value is -1.42. The van der Waals surface area contributed by atoms with Gasteiger partial charge >= 0.3 is 5.97 Å². The Morgan fingerprint density at radius 1 is 1.47 bits per heavy atom. The minimum absolute atomic E-state index is 0.103. The van der Waals surface area contributed by atoms with Gasteiger partial charge < -0.3 is 10.1 Å². The van der Waals surface area contributed by atoms with Crippen molar-refractivity contribution >= 4 is 5.97 Å². The van der Waals surface area contributed by atoms with E-state index in [1.807, 2.05) is 18.2 Å². The van der Waals surface area contributed by atoms with Gasteiger partial charge in [0, 0.05) is 23.9 Å². The Balaban J connectivity index is 2.43. The lowest BCUT2D eigenvalue weighted by Crippen LogP contribution is -2.36. The Bertz CT molecular complexity index is 350. The standard InChI is InChI=1S/C13H20N2O2/c1-4-17-12(16)9-14-10-13(2,3)11-7-5-6-8-15-11/h5-8,14H,4,9-10H2,1-3H3. The maximum atomic E-state index is 11.2. The molecule has 0 saturated heterocycles. The Morgan fingerprint density at radius 3 is 2.82 bits per heavy atom. The number of nitrogens with one attached hydrogen (secondary N) is 1. The van der Waals surface area contributed by atoms with Crippen LogP contribution in [0.1, 0.15) is 26.5 Å². The van der Waals surface area contributed by atoms with Crippen LogP contribution in [0.15, 0.2) is 24.4 Å². The highest BCUT2D eigenvalue weighted by Crippen LogP contribution is 2.19. The van der Waals surface area contributed by atoms with Crippen molar-refractivity contribution in [3.63, 3.8) is 0 Å². The highest BCUT2D eigenvalue weighted by Gasteiger charge is 2.21. The molecule has 0 amide bonds. The third kappa shape index (κ3) is 4.53. The number of esters is 1. The molecule has 1 aromatic rings. The summed E-state index contributed by atoms with van der Waals surface area (Å²) in [4.78, 5) is 15.5. The summed E-state index contributed by atoms with van der Waals surface area (Å²) in [7, 11) is 0. The molecule has 0 spiro atoms. The Kier molecular flexibility index (Phi) is 5.10. The molecular formula is C13H20N2O2. The van der Waals surface area contributed by atoms with E-state index in [9.17, 15) is 4.79 Å².